The van der Waals surface area contributed by atoms with Crippen molar-refractivity contribution in [2.45, 2.75) is 12.6 Å². The lowest BCUT2D eigenvalue weighted by atomic mass is 10.1. The SMILES string of the molecule is NC1CN(Cc2nc3ccccc3s2)C1. The van der Waals surface area contributed by atoms with E-state index in [2.05, 4.69) is 28.1 Å². The Bertz CT molecular complexity index is 440. The molecule has 1 aliphatic heterocycles. The summed E-state index contributed by atoms with van der Waals surface area (Å²) in [6, 6.07) is 8.66. The molecule has 1 aromatic heterocycles. The van der Waals surface area contributed by atoms with Crippen LogP contribution in [0.4, 0.5) is 0 Å². The zero-order chi connectivity index (χ0) is 10.3. The first-order valence-electron chi connectivity index (χ1n) is 5.13. The van der Waals surface area contributed by atoms with Gasteiger partial charge in [-0.25, -0.2) is 4.98 Å². The molecule has 2 N–H and O–H groups in total. The Kier molecular flexibility index (Phi) is 2.20. The Morgan fingerprint density at radius 1 is 1.40 bits per heavy atom. The van der Waals surface area contributed by atoms with Crippen molar-refractivity contribution in [2.75, 3.05) is 13.1 Å². The third-order valence-electron chi connectivity index (χ3n) is 2.68. The number of benzene rings is 1. The summed E-state index contributed by atoms with van der Waals surface area (Å²) in [5.74, 6) is 0. The van der Waals surface area contributed by atoms with Gasteiger partial charge in [-0.3, -0.25) is 4.90 Å². The highest BCUT2D eigenvalue weighted by Crippen LogP contribution is 2.23. The van der Waals surface area contributed by atoms with Crippen LogP contribution in [0.1, 0.15) is 5.01 Å². The number of nitrogens with two attached hydrogens (primary N) is 1. The number of hydrogen-bond acceptors (Lipinski definition) is 4. The molecule has 0 unspecified atom stereocenters. The smallest absolute Gasteiger partial charge is 0.108 e. The fourth-order valence-corrected chi connectivity index (χ4v) is 2.93. The van der Waals surface area contributed by atoms with Gasteiger partial charge in [-0.05, 0) is 12.1 Å². The Morgan fingerprint density at radius 2 is 2.20 bits per heavy atom. The molecule has 2 aromatic rings. The number of likely N-dealkylation sites (tertiary alicyclic amines) is 1. The van der Waals surface area contributed by atoms with Crippen molar-refractivity contribution >= 4 is 21.6 Å². The normalized spacial score (nSPS) is 18.2. The number of fused-ring (bicyclic) bond motifs is 1. The van der Waals surface area contributed by atoms with Gasteiger partial charge in [0.15, 0.2) is 0 Å². The Hall–Kier alpha value is -0.970. The van der Waals surface area contributed by atoms with Gasteiger partial charge in [0.2, 0.25) is 0 Å². The topological polar surface area (TPSA) is 42.1 Å². The van der Waals surface area contributed by atoms with E-state index in [9.17, 15) is 0 Å². The minimum absolute atomic E-state index is 0.374. The monoisotopic (exact) mass is 219 g/mol. The molecule has 0 aliphatic carbocycles. The predicted octanol–water partition coefficient (Wildman–Crippen LogP) is 1.44. The molecule has 2 heterocycles. The van der Waals surface area contributed by atoms with Gasteiger partial charge in [0.25, 0.3) is 0 Å². The third kappa shape index (κ3) is 1.76. The molecule has 0 amide bonds. The largest absolute Gasteiger partial charge is 0.325 e. The molecule has 0 atom stereocenters. The number of thiazole rings is 1. The molecule has 1 saturated heterocycles. The molecule has 4 heteroatoms. The van der Waals surface area contributed by atoms with E-state index in [-0.39, 0.29) is 0 Å². The molecule has 15 heavy (non-hydrogen) atoms. The molecule has 78 valence electrons. The molecular formula is C11H13N3S. The molecular weight excluding hydrogens is 206 g/mol. The van der Waals surface area contributed by atoms with Gasteiger partial charge in [-0.15, -0.1) is 11.3 Å². The van der Waals surface area contributed by atoms with Crippen LogP contribution < -0.4 is 5.73 Å². The van der Waals surface area contributed by atoms with E-state index in [0.717, 1.165) is 25.2 Å². The van der Waals surface area contributed by atoms with Gasteiger partial charge < -0.3 is 5.73 Å². The summed E-state index contributed by atoms with van der Waals surface area (Å²) < 4.78 is 1.28. The number of aromatic nitrogens is 1. The van der Waals surface area contributed by atoms with Gasteiger partial charge in [0, 0.05) is 19.1 Å². The van der Waals surface area contributed by atoms with E-state index in [1.54, 1.807) is 11.3 Å². The second-order valence-electron chi connectivity index (χ2n) is 4.03. The van der Waals surface area contributed by atoms with E-state index >= 15 is 0 Å². The molecule has 3 nitrogen and oxygen atoms in total. The summed E-state index contributed by atoms with van der Waals surface area (Å²) in [6.45, 7) is 2.97. The van der Waals surface area contributed by atoms with Crippen LogP contribution in [0.15, 0.2) is 24.3 Å². The average Bonchev–Trinajstić information content (AvgIpc) is 2.57. The first-order chi connectivity index (χ1) is 7.31. The van der Waals surface area contributed by atoms with Crippen molar-refractivity contribution < 1.29 is 0 Å². The first-order valence-corrected chi connectivity index (χ1v) is 5.95. The zero-order valence-electron chi connectivity index (χ0n) is 8.39. The van der Waals surface area contributed by atoms with Crippen molar-refractivity contribution in [1.29, 1.82) is 0 Å². The Morgan fingerprint density at radius 3 is 2.93 bits per heavy atom. The summed E-state index contributed by atoms with van der Waals surface area (Å²) in [4.78, 5) is 6.93. The van der Waals surface area contributed by atoms with Crippen molar-refractivity contribution in [3.63, 3.8) is 0 Å². The number of nitrogens with zero attached hydrogens (tertiary/aromatic N) is 2. The highest BCUT2D eigenvalue weighted by molar-refractivity contribution is 7.18. The minimum Gasteiger partial charge on any atom is -0.325 e. The predicted molar refractivity (Wildman–Crippen MR) is 62.9 cm³/mol. The lowest BCUT2D eigenvalue weighted by Gasteiger charge is -2.35. The van der Waals surface area contributed by atoms with Crippen molar-refractivity contribution in [2.24, 2.45) is 5.73 Å². The molecule has 1 fully saturated rings. The van der Waals surface area contributed by atoms with Gasteiger partial charge in [-0.2, -0.15) is 0 Å². The van der Waals surface area contributed by atoms with Crippen LogP contribution in [-0.2, 0) is 6.54 Å². The third-order valence-corrected chi connectivity index (χ3v) is 3.70. The maximum Gasteiger partial charge on any atom is 0.108 e. The molecule has 1 aliphatic rings. The van der Waals surface area contributed by atoms with Crippen LogP contribution in [0.25, 0.3) is 10.2 Å². The number of para-hydroxylation sites is 1. The van der Waals surface area contributed by atoms with Gasteiger partial charge in [0.05, 0.1) is 16.8 Å². The first kappa shape index (κ1) is 9.27. The number of hydrogen-bond donors (Lipinski definition) is 1. The quantitative estimate of drug-likeness (QED) is 0.831. The van der Waals surface area contributed by atoms with Crippen molar-refractivity contribution in [1.82, 2.24) is 9.88 Å². The maximum absolute atomic E-state index is 5.74. The van der Waals surface area contributed by atoms with Crippen LogP contribution in [0.3, 0.4) is 0 Å². The van der Waals surface area contributed by atoms with E-state index in [1.165, 1.54) is 9.71 Å². The van der Waals surface area contributed by atoms with Crippen molar-refractivity contribution in [3.05, 3.63) is 29.3 Å². The maximum atomic E-state index is 5.74. The molecule has 0 bridgehead atoms. The van der Waals surface area contributed by atoms with Gasteiger partial charge >= 0.3 is 0 Å². The van der Waals surface area contributed by atoms with E-state index in [4.69, 9.17) is 5.73 Å². The number of rotatable bonds is 2. The summed E-state index contributed by atoms with van der Waals surface area (Å²) in [7, 11) is 0. The van der Waals surface area contributed by atoms with Gasteiger partial charge in [-0.1, -0.05) is 12.1 Å². The lowest BCUT2D eigenvalue weighted by molar-refractivity contribution is 0.142. The Labute approximate surface area is 92.5 Å². The molecule has 3 rings (SSSR count). The van der Waals surface area contributed by atoms with Crippen molar-refractivity contribution in [3.8, 4) is 0 Å². The summed E-state index contributed by atoms with van der Waals surface area (Å²) in [5, 5.41) is 1.20. The summed E-state index contributed by atoms with van der Waals surface area (Å²) in [6.07, 6.45) is 0. The van der Waals surface area contributed by atoms with Crippen LogP contribution in [0.5, 0.6) is 0 Å². The molecule has 0 spiro atoms. The molecule has 0 saturated carbocycles. The van der Waals surface area contributed by atoms with E-state index < -0.39 is 0 Å². The lowest BCUT2D eigenvalue weighted by Crippen LogP contribution is -2.54. The van der Waals surface area contributed by atoms with Crippen LogP contribution in [0, 0.1) is 0 Å². The summed E-state index contributed by atoms with van der Waals surface area (Å²) in [5.41, 5.74) is 6.85. The highest BCUT2D eigenvalue weighted by atomic mass is 32.1. The standard InChI is InChI=1S/C11H13N3S/c12-8-5-14(6-8)7-11-13-9-3-1-2-4-10(9)15-11/h1-4,8H,5-7,12H2. The van der Waals surface area contributed by atoms with Gasteiger partial charge in [0.1, 0.15) is 5.01 Å². The fraction of sp³-hybridized carbons (Fsp3) is 0.364. The van der Waals surface area contributed by atoms with E-state index in [0.29, 0.717) is 6.04 Å². The molecule has 0 radical (unpaired) electrons. The van der Waals surface area contributed by atoms with Crippen LogP contribution in [0.2, 0.25) is 0 Å². The second kappa shape index (κ2) is 3.56. The van der Waals surface area contributed by atoms with Crippen LogP contribution in [-0.4, -0.2) is 29.0 Å². The minimum atomic E-state index is 0.374. The fourth-order valence-electron chi connectivity index (χ4n) is 1.92. The van der Waals surface area contributed by atoms with E-state index in [1.807, 2.05) is 6.07 Å². The van der Waals surface area contributed by atoms with Crippen LogP contribution >= 0.6 is 11.3 Å². The molecule has 1 aromatic carbocycles. The highest BCUT2D eigenvalue weighted by Gasteiger charge is 2.23. The zero-order valence-corrected chi connectivity index (χ0v) is 9.20. The summed E-state index contributed by atoms with van der Waals surface area (Å²) >= 11 is 1.78. The Balaban J connectivity index is 1.80. The average molecular weight is 219 g/mol. The second-order valence-corrected chi connectivity index (χ2v) is 5.14.